The fourth-order valence-corrected chi connectivity index (χ4v) is 7.51. The number of hydrogen-bond donors (Lipinski definition) is 5. The van der Waals surface area contributed by atoms with Gasteiger partial charge < -0.3 is 31.1 Å². The largest absolute Gasteiger partial charge is 0.490 e. The van der Waals surface area contributed by atoms with Crippen LogP contribution in [0.15, 0.2) is 30.3 Å². The third-order valence-electron chi connectivity index (χ3n) is 10.1. The van der Waals surface area contributed by atoms with Crippen LogP contribution in [-0.2, 0) is 22.4 Å². The molecule has 0 saturated carbocycles. The summed E-state index contributed by atoms with van der Waals surface area (Å²) in [5, 5.41) is 26.3. The van der Waals surface area contributed by atoms with Gasteiger partial charge in [-0.05, 0) is 92.3 Å². The molecule has 52 heavy (non-hydrogen) atoms. The Kier molecular flexibility index (Phi) is 12.2. The molecule has 4 heterocycles. The third kappa shape index (κ3) is 10.0. The zero-order valence-corrected chi connectivity index (χ0v) is 30.2. The molecule has 0 unspecified atom stereocenters. The highest BCUT2D eigenvalue weighted by atomic mass is 32.1. The molecular weight excluding hydrogens is 701 g/mol. The van der Waals surface area contributed by atoms with Gasteiger partial charge in [-0.1, -0.05) is 44.2 Å². The van der Waals surface area contributed by atoms with Crippen molar-refractivity contribution in [3.63, 3.8) is 0 Å². The molecule has 2 fully saturated rings. The summed E-state index contributed by atoms with van der Waals surface area (Å²) in [6.45, 7) is 10.5. The zero-order valence-electron chi connectivity index (χ0n) is 29.4. The molecular formula is C36H45F3N6O6S. The molecule has 2 amide bonds. The maximum Gasteiger partial charge on any atom is 0.490 e. The molecule has 6 rings (SSSR count). The molecule has 3 aliphatic rings. The topological polar surface area (TPSA) is 174 Å². The average molecular weight is 747 g/mol. The van der Waals surface area contributed by atoms with Crippen LogP contribution in [0.5, 0.6) is 0 Å². The number of fused-ring (bicyclic) bond motifs is 2. The second-order valence-corrected chi connectivity index (χ2v) is 15.7. The van der Waals surface area contributed by atoms with Gasteiger partial charge in [0.15, 0.2) is 5.01 Å². The van der Waals surface area contributed by atoms with Crippen LogP contribution in [-0.4, -0.2) is 93.8 Å². The highest BCUT2D eigenvalue weighted by Gasteiger charge is 2.38. The van der Waals surface area contributed by atoms with E-state index in [9.17, 15) is 32.7 Å². The predicted molar refractivity (Wildman–Crippen MR) is 188 cm³/mol. The monoisotopic (exact) mass is 746 g/mol. The Morgan fingerprint density at radius 1 is 1.02 bits per heavy atom. The number of pyridine rings is 1. The summed E-state index contributed by atoms with van der Waals surface area (Å²) in [4.78, 5) is 59.7. The summed E-state index contributed by atoms with van der Waals surface area (Å²) in [5.74, 6) is -3.58. The first-order valence-electron chi connectivity index (χ1n) is 17.4. The minimum Gasteiger partial charge on any atom is -0.481 e. The fourth-order valence-electron chi connectivity index (χ4n) is 6.66. The number of carboxylic acids is 2. The zero-order chi connectivity index (χ0) is 37.8. The highest BCUT2D eigenvalue weighted by molar-refractivity contribution is 7.19. The number of likely N-dealkylation sites (tertiary alicyclic amines) is 1. The summed E-state index contributed by atoms with van der Waals surface area (Å²) in [5.41, 5.74) is 4.77. The Hall–Kier alpha value is -4.15. The first-order valence-corrected chi connectivity index (χ1v) is 18.3. The van der Waals surface area contributed by atoms with Crippen LogP contribution in [0, 0.1) is 17.3 Å². The number of aliphatic carboxylic acids is 2. The van der Waals surface area contributed by atoms with Gasteiger partial charge in [0, 0.05) is 30.9 Å². The number of rotatable bonds is 9. The highest BCUT2D eigenvalue weighted by Crippen LogP contribution is 2.38. The van der Waals surface area contributed by atoms with Gasteiger partial charge in [0.2, 0.25) is 0 Å². The molecule has 12 nitrogen and oxygen atoms in total. The van der Waals surface area contributed by atoms with Crippen molar-refractivity contribution in [3.8, 4) is 0 Å². The Labute approximate surface area is 303 Å². The number of nitrogens with zero attached hydrogens (tertiary/aromatic N) is 3. The lowest BCUT2D eigenvalue weighted by Crippen LogP contribution is -2.56. The predicted octanol–water partition coefficient (Wildman–Crippen LogP) is 4.84. The third-order valence-corrected chi connectivity index (χ3v) is 11.0. The van der Waals surface area contributed by atoms with E-state index in [2.05, 4.69) is 47.7 Å². The Balaban J connectivity index is 0.000000679. The van der Waals surface area contributed by atoms with Crippen molar-refractivity contribution in [1.82, 2.24) is 30.8 Å². The number of nitrogens with one attached hydrogen (secondary N) is 3. The number of aryl methyl sites for hydroxylation is 1. The van der Waals surface area contributed by atoms with Crippen LogP contribution in [0.4, 0.5) is 13.2 Å². The molecule has 1 aromatic carbocycles. The summed E-state index contributed by atoms with van der Waals surface area (Å²) >= 11 is 1.32. The van der Waals surface area contributed by atoms with E-state index >= 15 is 0 Å². The second kappa shape index (κ2) is 16.3. The van der Waals surface area contributed by atoms with Crippen molar-refractivity contribution < 1.29 is 42.6 Å². The minimum absolute atomic E-state index is 0.126. The molecule has 2 aromatic heterocycles. The summed E-state index contributed by atoms with van der Waals surface area (Å²) in [7, 11) is 0. The molecule has 2 saturated heterocycles. The van der Waals surface area contributed by atoms with Gasteiger partial charge in [-0.3, -0.25) is 14.4 Å². The van der Waals surface area contributed by atoms with Gasteiger partial charge >= 0.3 is 18.1 Å². The molecule has 16 heteroatoms. The number of amides is 2. The fraction of sp³-hybridized carbons (Fsp3) is 0.556. The van der Waals surface area contributed by atoms with Gasteiger partial charge in [0.05, 0.1) is 18.0 Å². The van der Waals surface area contributed by atoms with Crippen LogP contribution in [0.25, 0.3) is 10.3 Å². The molecule has 2 atom stereocenters. The Bertz CT molecular complexity index is 1780. The molecule has 2 aliphatic heterocycles. The molecule has 0 spiro atoms. The first-order chi connectivity index (χ1) is 24.5. The maximum absolute atomic E-state index is 13.7. The molecule has 282 valence electrons. The maximum atomic E-state index is 13.7. The summed E-state index contributed by atoms with van der Waals surface area (Å²) in [6, 6.07) is 9.37. The van der Waals surface area contributed by atoms with E-state index in [1.165, 1.54) is 16.9 Å². The van der Waals surface area contributed by atoms with Crippen molar-refractivity contribution in [2.45, 2.75) is 77.6 Å². The van der Waals surface area contributed by atoms with Crippen LogP contribution in [0.3, 0.4) is 0 Å². The molecule has 3 aromatic rings. The van der Waals surface area contributed by atoms with E-state index < -0.39 is 18.1 Å². The average Bonchev–Trinajstić information content (AvgIpc) is 3.49. The van der Waals surface area contributed by atoms with Gasteiger partial charge in [0.1, 0.15) is 10.3 Å². The molecule has 0 radical (unpaired) electrons. The van der Waals surface area contributed by atoms with Crippen molar-refractivity contribution in [1.29, 1.82) is 0 Å². The Morgan fingerprint density at radius 2 is 1.71 bits per heavy atom. The smallest absolute Gasteiger partial charge is 0.481 e. The van der Waals surface area contributed by atoms with E-state index in [4.69, 9.17) is 19.9 Å². The second-order valence-electron chi connectivity index (χ2n) is 14.8. The number of carbonyl (C=O) groups is 4. The normalized spacial score (nSPS) is 19.1. The molecule has 1 aliphatic carbocycles. The number of carboxylic acid groups (broad SMARTS) is 2. The van der Waals surface area contributed by atoms with Crippen molar-refractivity contribution >= 4 is 45.4 Å². The van der Waals surface area contributed by atoms with Crippen molar-refractivity contribution in [3.05, 3.63) is 57.7 Å². The number of benzene rings is 1. The lowest BCUT2D eigenvalue weighted by molar-refractivity contribution is -0.192. The number of carbonyl (C=O) groups excluding carboxylic acids is 2. The number of halogens is 3. The SMILES string of the molecule is CC(C)(C)[C@H]1CCc2nc3sc(C(=O)N[C@H](CCN4CCC(C(=O)O)CC4)c4cccc(C(=O)NC5CNC5)c4)nc3cc2C1.O=C(O)C(F)(F)F. The van der Waals surface area contributed by atoms with Crippen molar-refractivity contribution in [2.75, 3.05) is 32.7 Å². The van der Waals surface area contributed by atoms with E-state index in [-0.39, 0.29) is 35.2 Å². The summed E-state index contributed by atoms with van der Waals surface area (Å²) < 4.78 is 31.7. The number of thiazole rings is 1. The van der Waals surface area contributed by atoms with Crippen LogP contribution < -0.4 is 16.0 Å². The lowest BCUT2D eigenvalue weighted by Gasteiger charge is -2.34. The molecule has 0 bridgehead atoms. The standard InChI is InChI=1S/C34H44N6O4S.C2HF3O2/c1-34(2,3)24-7-8-26-23(16-24)17-28-31(38-26)45-32(39-28)30(42)37-27(11-14-40-12-9-20(10-13-40)33(43)44)21-5-4-6-22(15-21)29(41)36-25-18-35-19-25;3-2(4,5)1(6)7/h4-6,15,17,20,24-25,27,35H,7-14,16,18-19H2,1-3H3,(H,36,41)(H,37,42)(H,43,44);(H,6,7)/t24-,27+;/m0./s1. The molecule has 5 N–H and O–H groups in total. The first kappa shape index (κ1) is 39.1. The van der Waals surface area contributed by atoms with Gasteiger partial charge in [-0.25, -0.2) is 14.8 Å². The van der Waals surface area contributed by atoms with E-state index in [0.29, 0.717) is 55.4 Å². The van der Waals surface area contributed by atoms with Gasteiger partial charge in [-0.15, -0.1) is 0 Å². The van der Waals surface area contributed by atoms with E-state index in [1.807, 2.05) is 18.2 Å². The lowest BCUT2D eigenvalue weighted by atomic mass is 9.71. The number of alkyl halides is 3. The van der Waals surface area contributed by atoms with Crippen LogP contribution >= 0.6 is 11.3 Å². The number of aromatic nitrogens is 2. The van der Waals surface area contributed by atoms with Crippen LogP contribution in [0.2, 0.25) is 0 Å². The van der Waals surface area contributed by atoms with E-state index in [1.54, 1.807) is 6.07 Å². The van der Waals surface area contributed by atoms with E-state index in [0.717, 1.165) is 54.0 Å². The van der Waals surface area contributed by atoms with Crippen molar-refractivity contribution in [2.24, 2.45) is 17.3 Å². The Morgan fingerprint density at radius 3 is 2.31 bits per heavy atom. The number of hydrogen-bond acceptors (Lipinski definition) is 9. The minimum atomic E-state index is -5.08. The summed E-state index contributed by atoms with van der Waals surface area (Å²) in [6.07, 6.45) is -0.181. The van der Waals surface area contributed by atoms with Crippen LogP contribution in [0.1, 0.15) is 89.5 Å². The number of piperidine rings is 1. The van der Waals surface area contributed by atoms with Gasteiger partial charge in [0.25, 0.3) is 11.8 Å². The van der Waals surface area contributed by atoms with Gasteiger partial charge in [-0.2, -0.15) is 13.2 Å². The quantitative estimate of drug-likeness (QED) is 0.204.